The van der Waals surface area contributed by atoms with E-state index in [0.29, 0.717) is 0 Å². The molecule has 0 aliphatic carbocycles. The van der Waals surface area contributed by atoms with Gasteiger partial charge < -0.3 is 4.89 Å². The first-order valence-corrected chi connectivity index (χ1v) is 6.42. The fraction of sp³-hybridized carbons (Fsp3) is 1.00. The number of hydrogen-bond acceptors (Lipinski definition) is 2. The van der Waals surface area contributed by atoms with E-state index in [2.05, 4.69) is 11.4 Å². The number of rotatable bonds is 5. The second kappa shape index (κ2) is 4.61. The molecule has 12 heavy (non-hydrogen) atoms. The normalized spacial score (nSPS) is 17.4. The Kier molecular flexibility index (Phi) is 4.78. The molecule has 3 nitrogen and oxygen atoms in total. The molecule has 74 valence electrons. The van der Waals surface area contributed by atoms with Gasteiger partial charge in [0, 0.05) is 11.2 Å². The molecule has 1 N–H and O–H groups in total. The van der Waals surface area contributed by atoms with Crippen LogP contribution in [0.3, 0.4) is 0 Å². The van der Waals surface area contributed by atoms with Gasteiger partial charge in [-0.25, -0.2) is 4.57 Å². The average Bonchev–Trinajstić information content (AvgIpc) is 1.83. The lowest BCUT2D eigenvalue weighted by Crippen LogP contribution is -2.17. The van der Waals surface area contributed by atoms with Gasteiger partial charge >= 0.3 is 6.95 Å². The van der Waals surface area contributed by atoms with Crippen molar-refractivity contribution in [2.24, 2.45) is 5.41 Å². The van der Waals surface area contributed by atoms with Gasteiger partial charge in [-0.2, -0.15) is 0 Å². The zero-order valence-electron chi connectivity index (χ0n) is 7.71. The molecular weight excluding hydrogens is 199 g/mol. The maximum Gasteiger partial charge on any atom is 0.421 e. The predicted molar refractivity (Wildman–Crippen MR) is 50.3 cm³/mol. The van der Waals surface area contributed by atoms with Gasteiger partial charge in [0.2, 0.25) is 0 Å². The molecular formula is C7H16ClO3P. The van der Waals surface area contributed by atoms with Gasteiger partial charge in [-0.1, -0.05) is 27.2 Å². The van der Waals surface area contributed by atoms with Gasteiger partial charge in [0.1, 0.15) is 0 Å². The molecule has 0 rings (SSSR count). The Morgan fingerprint density at radius 3 is 2.42 bits per heavy atom. The minimum atomic E-state index is -3.81. The molecule has 0 aromatic heterocycles. The van der Waals surface area contributed by atoms with E-state index in [0.717, 1.165) is 12.8 Å². The van der Waals surface area contributed by atoms with Crippen LogP contribution in [0.1, 0.15) is 33.6 Å². The Bertz CT molecular complexity index is 175. The molecule has 0 spiro atoms. The third-order valence-electron chi connectivity index (χ3n) is 1.54. The van der Waals surface area contributed by atoms with Crippen LogP contribution in [0.4, 0.5) is 0 Å². The highest BCUT2D eigenvalue weighted by atomic mass is 35.7. The summed E-state index contributed by atoms with van der Waals surface area (Å²) in [5.74, 6) is 0. The molecule has 0 amide bonds. The highest BCUT2D eigenvalue weighted by Gasteiger charge is 2.22. The van der Waals surface area contributed by atoms with Gasteiger partial charge in [-0.3, -0.25) is 4.52 Å². The van der Waals surface area contributed by atoms with Crippen molar-refractivity contribution in [3.05, 3.63) is 0 Å². The lowest BCUT2D eigenvalue weighted by Gasteiger charge is -2.23. The molecule has 0 aromatic carbocycles. The third kappa shape index (κ3) is 7.11. The van der Waals surface area contributed by atoms with Crippen molar-refractivity contribution >= 4 is 18.2 Å². The van der Waals surface area contributed by atoms with Crippen LogP contribution in [0.2, 0.25) is 0 Å². The Balaban J connectivity index is 3.83. The number of halogens is 1. The van der Waals surface area contributed by atoms with Crippen molar-refractivity contribution in [2.45, 2.75) is 33.6 Å². The first-order valence-electron chi connectivity index (χ1n) is 3.94. The SMILES string of the molecule is CCCC(C)(C)COP(=O)(O)Cl. The summed E-state index contributed by atoms with van der Waals surface area (Å²) >= 11 is 5.03. The Morgan fingerprint density at radius 2 is 2.08 bits per heavy atom. The first kappa shape index (κ1) is 12.4. The van der Waals surface area contributed by atoms with Crippen LogP contribution in [0.5, 0.6) is 0 Å². The average molecular weight is 215 g/mol. The van der Waals surface area contributed by atoms with Crippen LogP contribution in [0, 0.1) is 5.41 Å². The molecule has 0 aliphatic heterocycles. The van der Waals surface area contributed by atoms with Gasteiger partial charge in [-0.15, -0.1) is 0 Å². The van der Waals surface area contributed by atoms with Crippen molar-refractivity contribution in [1.82, 2.24) is 0 Å². The van der Waals surface area contributed by atoms with E-state index in [-0.39, 0.29) is 12.0 Å². The molecule has 0 heterocycles. The molecule has 0 aliphatic rings. The van der Waals surface area contributed by atoms with Gasteiger partial charge in [-0.05, 0) is 11.8 Å². The fourth-order valence-corrected chi connectivity index (χ4v) is 1.66. The largest absolute Gasteiger partial charge is 0.421 e. The van der Waals surface area contributed by atoms with Gasteiger partial charge in [0.05, 0.1) is 6.61 Å². The highest BCUT2D eigenvalue weighted by Crippen LogP contribution is 2.48. The van der Waals surface area contributed by atoms with E-state index in [4.69, 9.17) is 16.1 Å². The van der Waals surface area contributed by atoms with Gasteiger partial charge in [0.15, 0.2) is 0 Å². The summed E-state index contributed by atoms with van der Waals surface area (Å²) in [6.45, 7) is 2.41. The van der Waals surface area contributed by atoms with Crippen LogP contribution in [-0.2, 0) is 9.09 Å². The van der Waals surface area contributed by atoms with Crippen molar-refractivity contribution in [2.75, 3.05) is 6.61 Å². The summed E-state index contributed by atoms with van der Waals surface area (Å²) in [6, 6.07) is 0. The smallest absolute Gasteiger partial charge is 0.313 e. The lowest BCUT2D eigenvalue weighted by molar-refractivity contribution is 0.158. The van der Waals surface area contributed by atoms with E-state index in [1.807, 2.05) is 13.8 Å². The Morgan fingerprint density at radius 1 is 1.58 bits per heavy atom. The summed E-state index contributed by atoms with van der Waals surface area (Å²) in [6.07, 6.45) is 1.97. The summed E-state index contributed by atoms with van der Waals surface area (Å²) in [4.78, 5) is 8.65. The second-order valence-corrected chi connectivity index (χ2v) is 6.08. The lowest BCUT2D eigenvalue weighted by atomic mass is 9.89. The van der Waals surface area contributed by atoms with Crippen molar-refractivity contribution in [3.8, 4) is 0 Å². The quantitative estimate of drug-likeness (QED) is 0.715. The highest BCUT2D eigenvalue weighted by molar-refractivity contribution is 7.80. The predicted octanol–water partition coefficient (Wildman–Crippen LogP) is 3.17. The topological polar surface area (TPSA) is 46.5 Å². The Hall–Kier alpha value is 0.440. The summed E-state index contributed by atoms with van der Waals surface area (Å²) in [7, 11) is 0. The van der Waals surface area contributed by atoms with E-state index >= 15 is 0 Å². The zero-order chi connectivity index (χ0) is 9.83. The monoisotopic (exact) mass is 214 g/mol. The molecule has 1 atom stereocenters. The fourth-order valence-electron chi connectivity index (χ4n) is 1.00. The van der Waals surface area contributed by atoms with Crippen LogP contribution >= 0.6 is 18.2 Å². The molecule has 1 unspecified atom stereocenters. The molecule has 0 aromatic rings. The maximum atomic E-state index is 10.6. The maximum absolute atomic E-state index is 10.6. The second-order valence-electron chi connectivity index (χ2n) is 3.64. The minimum absolute atomic E-state index is 0.0813. The van der Waals surface area contributed by atoms with Crippen molar-refractivity contribution < 1.29 is 14.0 Å². The summed E-state index contributed by atoms with van der Waals surface area (Å²) in [5.41, 5.74) is -0.0813. The standard InChI is InChI=1S/C7H16ClO3P/c1-4-5-7(2,3)6-11-12(8,9)10/h4-6H2,1-3H3,(H,9,10). The minimum Gasteiger partial charge on any atom is -0.313 e. The van der Waals surface area contributed by atoms with E-state index < -0.39 is 6.95 Å². The molecule has 0 fully saturated rings. The zero-order valence-corrected chi connectivity index (χ0v) is 9.36. The van der Waals surface area contributed by atoms with E-state index in [1.54, 1.807) is 0 Å². The molecule has 0 radical (unpaired) electrons. The molecule has 0 bridgehead atoms. The molecule has 0 saturated heterocycles. The third-order valence-corrected chi connectivity index (χ3v) is 2.28. The van der Waals surface area contributed by atoms with E-state index in [9.17, 15) is 4.57 Å². The van der Waals surface area contributed by atoms with Crippen LogP contribution < -0.4 is 0 Å². The molecule has 5 heteroatoms. The first-order chi connectivity index (χ1) is 5.27. The summed E-state index contributed by atoms with van der Waals surface area (Å²) < 4.78 is 15.2. The van der Waals surface area contributed by atoms with Crippen LogP contribution in [-0.4, -0.2) is 11.5 Å². The van der Waals surface area contributed by atoms with Crippen LogP contribution in [0.25, 0.3) is 0 Å². The van der Waals surface area contributed by atoms with Crippen LogP contribution in [0.15, 0.2) is 0 Å². The summed E-state index contributed by atoms with van der Waals surface area (Å²) in [5, 5.41) is 0. The molecule has 0 saturated carbocycles. The van der Waals surface area contributed by atoms with Gasteiger partial charge in [0.25, 0.3) is 0 Å². The van der Waals surface area contributed by atoms with Crippen molar-refractivity contribution in [3.63, 3.8) is 0 Å². The number of hydrogen-bond donors (Lipinski definition) is 1. The van der Waals surface area contributed by atoms with E-state index in [1.165, 1.54) is 0 Å². The van der Waals surface area contributed by atoms with Crippen molar-refractivity contribution in [1.29, 1.82) is 0 Å². The Labute approximate surface area is 78.4 Å².